The van der Waals surface area contributed by atoms with Crippen LogP contribution in [0.2, 0.25) is 5.02 Å². The summed E-state index contributed by atoms with van der Waals surface area (Å²) in [6.07, 6.45) is 1.78. The van der Waals surface area contributed by atoms with Crippen molar-refractivity contribution in [2.75, 3.05) is 0 Å². The van der Waals surface area contributed by atoms with Crippen molar-refractivity contribution in [2.24, 2.45) is 0 Å². The Bertz CT molecular complexity index is 647. The minimum Gasteiger partial charge on any atom is -0.254 e. The van der Waals surface area contributed by atoms with Crippen molar-refractivity contribution < 1.29 is 0 Å². The first kappa shape index (κ1) is 11.4. The maximum Gasteiger partial charge on any atom is 0.142 e. The van der Waals surface area contributed by atoms with E-state index in [4.69, 9.17) is 11.6 Å². The van der Waals surface area contributed by atoms with Gasteiger partial charge < -0.3 is 0 Å². The Hall–Kier alpha value is -1.71. The van der Waals surface area contributed by atoms with Gasteiger partial charge in [0.25, 0.3) is 0 Å². The first-order valence-electron chi connectivity index (χ1n) is 5.46. The maximum atomic E-state index is 5.87. The molecule has 0 amide bonds. The molecule has 88 valence electrons. The molecule has 0 bridgehead atoms. The molecule has 2 heterocycles. The Morgan fingerprint density at radius 2 is 1.78 bits per heavy atom. The van der Waals surface area contributed by atoms with Crippen LogP contribution in [0.3, 0.4) is 0 Å². The zero-order valence-electron chi connectivity index (χ0n) is 9.38. The molecular formula is C14H9ClN2S. The molecule has 18 heavy (non-hydrogen) atoms. The minimum atomic E-state index is 0.735. The van der Waals surface area contributed by atoms with E-state index in [1.165, 1.54) is 0 Å². The van der Waals surface area contributed by atoms with Crippen LogP contribution in [0.15, 0.2) is 54.0 Å². The number of benzene rings is 1. The summed E-state index contributed by atoms with van der Waals surface area (Å²) < 4.78 is 0. The fraction of sp³-hybridized carbons (Fsp3) is 0. The highest BCUT2D eigenvalue weighted by atomic mass is 35.5. The van der Waals surface area contributed by atoms with E-state index in [0.29, 0.717) is 0 Å². The highest BCUT2D eigenvalue weighted by Gasteiger charge is 2.06. The monoisotopic (exact) mass is 272 g/mol. The van der Waals surface area contributed by atoms with Gasteiger partial charge in [-0.05, 0) is 24.3 Å². The van der Waals surface area contributed by atoms with Crippen LogP contribution in [0.5, 0.6) is 0 Å². The normalized spacial score (nSPS) is 10.5. The lowest BCUT2D eigenvalue weighted by molar-refractivity contribution is 1.29. The topological polar surface area (TPSA) is 25.8 Å². The van der Waals surface area contributed by atoms with Crippen molar-refractivity contribution in [1.29, 1.82) is 0 Å². The molecule has 0 unspecified atom stereocenters. The average Bonchev–Trinajstić information content (AvgIpc) is 2.90. The third-order valence-electron chi connectivity index (χ3n) is 2.53. The molecule has 0 aliphatic heterocycles. The minimum absolute atomic E-state index is 0.735. The van der Waals surface area contributed by atoms with Crippen LogP contribution in [0.4, 0.5) is 0 Å². The Morgan fingerprint density at radius 3 is 2.50 bits per heavy atom. The zero-order valence-corrected chi connectivity index (χ0v) is 10.9. The van der Waals surface area contributed by atoms with Crippen molar-refractivity contribution in [2.45, 2.75) is 0 Å². The lowest BCUT2D eigenvalue weighted by Gasteiger charge is -1.96. The van der Waals surface area contributed by atoms with Gasteiger partial charge in [0.2, 0.25) is 0 Å². The lowest BCUT2D eigenvalue weighted by atomic mass is 10.2. The Balaban J connectivity index is 1.97. The van der Waals surface area contributed by atoms with Gasteiger partial charge in [-0.1, -0.05) is 29.8 Å². The first-order chi connectivity index (χ1) is 8.83. The van der Waals surface area contributed by atoms with Crippen LogP contribution in [-0.4, -0.2) is 9.97 Å². The smallest absolute Gasteiger partial charge is 0.142 e. The number of rotatable bonds is 2. The largest absolute Gasteiger partial charge is 0.254 e. The predicted octanol–water partition coefficient (Wildman–Crippen LogP) is 4.53. The molecule has 3 rings (SSSR count). The van der Waals surface area contributed by atoms with Gasteiger partial charge in [0.1, 0.15) is 5.01 Å². The van der Waals surface area contributed by atoms with Gasteiger partial charge in [0.05, 0.1) is 11.4 Å². The van der Waals surface area contributed by atoms with E-state index in [2.05, 4.69) is 9.97 Å². The van der Waals surface area contributed by atoms with Crippen LogP contribution in [0.1, 0.15) is 0 Å². The number of pyridine rings is 1. The standard InChI is InChI=1S/C14H9ClN2S/c15-11-6-4-10(5-7-11)13-9-18-14(17-13)12-3-1-2-8-16-12/h1-9H. The molecule has 0 radical (unpaired) electrons. The highest BCUT2D eigenvalue weighted by molar-refractivity contribution is 7.13. The molecule has 2 nitrogen and oxygen atoms in total. The fourth-order valence-electron chi connectivity index (χ4n) is 1.63. The molecular weight excluding hydrogens is 264 g/mol. The summed E-state index contributed by atoms with van der Waals surface area (Å²) >= 11 is 7.47. The summed E-state index contributed by atoms with van der Waals surface area (Å²) in [6, 6.07) is 13.5. The van der Waals surface area contributed by atoms with Gasteiger partial charge in [-0.15, -0.1) is 11.3 Å². The molecule has 0 atom stereocenters. The van der Waals surface area contributed by atoms with Gasteiger partial charge in [-0.2, -0.15) is 0 Å². The van der Waals surface area contributed by atoms with Crippen LogP contribution in [0.25, 0.3) is 22.0 Å². The number of halogens is 1. The van der Waals surface area contributed by atoms with Gasteiger partial charge >= 0.3 is 0 Å². The van der Waals surface area contributed by atoms with Crippen LogP contribution in [0, 0.1) is 0 Å². The lowest BCUT2D eigenvalue weighted by Crippen LogP contribution is -1.81. The van der Waals surface area contributed by atoms with Crippen LogP contribution >= 0.6 is 22.9 Å². The van der Waals surface area contributed by atoms with E-state index in [1.807, 2.05) is 47.8 Å². The summed E-state index contributed by atoms with van der Waals surface area (Å²) in [5, 5.41) is 3.70. The van der Waals surface area contributed by atoms with E-state index in [-0.39, 0.29) is 0 Å². The van der Waals surface area contributed by atoms with E-state index >= 15 is 0 Å². The Morgan fingerprint density at radius 1 is 0.944 bits per heavy atom. The number of thiazole rings is 1. The molecule has 0 N–H and O–H groups in total. The second-order valence-electron chi connectivity index (χ2n) is 3.76. The molecule has 3 aromatic rings. The van der Waals surface area contributed by atoms with Crippen LogP contribution < -0.4 is 0 Å². The number of hydrogen-bond acceptors (Lipinski definition) is 3. The van der Waals surface area contributed by atoms with Crippen molar-refractivity contribution in [1.82, 2.24) is 9.97 Å². The van der Waals surface area contributed by atoms with Gasteiger partial charge in [-0.3, -0.25) is 4.98 Å². The first-order valence-corrected chi connectivity index (χ1v) is 6.71. The number of aromatic nitrogens is 2. The third-order valence-corrected chi connectivity index (χ3v) is 3.64. The van der Waals surface area contributed by atoms with Gasteiger partial charge in [0.15, 0.2) is 0 Å². The van der Waals surface area contributed by atoms with Gasteiger partial charge in [-0.25, -0.2) is 4.98 Å². The number of hydrogen-bond donors (Lipinski definition) is 0. The quantitative estimate of drug-likeness (QED) is 0.685. The summed E-state index contributed by atoms with van der Waals surface area (Å²) in [6.45, 7) is 0. The average molecular weight is 273 g/mol. The van der Waals surface area contributed by atoms with E-state index in [9.17, 15) is 0 Å². The predicted molar refractivity (Wildman–Crippen MR) is 75.8 cm³/mol. The molecule has 0 fully saturated rings. The van der Waals surface area contributed by atoms with E-state index < -0.39 is 0 Å². The van der Waals surface area contributed by atoms with Crippen molar-refractivity contribution >= 4 is 22.9 Å². The summed E-state index contributed by atoms with van der Waals surface area (Å²) in [5.74, 6) is 0. The zero-order chi connectivity index (χ0) is 12.4. The van der Waals surface area contributed by atoms with Crippen molar-refractivity contribution in [3.8, 4) is 22.0 Å². The van der Waals surface area contributed by atoms with E-state index in [0.717, 1.165) is 27.0 Å². The van der Waals surface area contributed by atoms with Gasteiger partial charge in [0, 0.05) is 22.2 Å². The Kier molecular flexibility index (Phi) is 3.09. The molecule has 0 saturated carbocycles. The molecule has 2 aromatic heterocycles. The van der Waals surface area contributed by atoms with Crippen LogP contribution in [-0.2, 0) is 0 Å². The summed E-state index contributed by atoms with van der Waals surface area (Å²) in [5.41, 5.74) is 2.93. The summed E-state index contributed by atoms with van der Waals surface area (Å²) in [4.78, 5) is 8.89. The van der Waals surface area contributed by atoms with Crippen molar-refractivity contribution in [3.05, 3.63) is 59.1 Å². The second kappa shape index (κ2) is 4.88. The highest BCUT2D eigenvalue weighted by Crippen LogP contribution is 2.28. The van der Waals surface area contributed by atoms with Crippen molar-refractivity contribution in [3.63, 3.8) is 0 Å². The second-order valence-corrected chi connectivity index (χ2v) is 5.05. The molecule has 1 aromatic carbocycles. The Labute approximate surface area is 114 Å². The molecule has 0 aliphatic carbocycles. The fourth-order valence-corrected chi connectivity index (χ4v) is 2.56. The molecule has 0 spiro atoms. The molecule has 0 aliphatic rings. The van der Waals surface area contributed by atoms with E-state index in [1.54, 1.807) is 17.5 Å². The number of nitrogens with zero attached hydrogens (tertiary/aromatic N) is 2. The molecule has 4 heteroatoms. The molecule has 0 saturated heterocycles. The maximum absolute atomic E-state index is 5.87. The summed E-state index contributed by atoms with van der Waals surface area (Å²) in [7, 11) is 0. The SMILES string of the molecule is Clc1ccc(-c2csc(-c3ccccn3)n2)cc1. The third kappa shape index (κ3) is 2.28.